The van der Waals surface area contributed by atoms with Crippen molar-refractivity contribution in [3.8, 4) is 5.75 Å². The SMILES string of the molecule is CC(C)Oc1cc(SC(C)CO)c(N)cc1F. The van der Waals surface area contributed by atoms with Crippen LogP contribution in [0.5, 0.6) is 5.75 Å². The lowest BCUT2D eigenvalue weighted by Crippen LogP contribution is -2.08. The molecule has 0 saturated heterocycles. The summed E-state index contributed by atoms with van der Waals surface area (Å²) < 4.78 is 18.9. The van der Waals surface area contributed by atoms with Crippen molar-refractivity contribution in [1.82, 2.24) is 0 Å². The number of nitrogen functional groups attached to an aromatic ring is 1. The average molecular weight is 259 g/mol. The van der Waals surface area contributed by atoms with Crippen LogP contribution in [-0.4, -0.2) is 23.1 Å². The van der Waals surface area contributed by atoms with Crippen molar-refractivity contribution in [1.29, 1.82) is 0 Å². The first kappa shape index (κ1) is 14.1. The van der Waals surface area contributed by atoms with E-state index in [0.717, 1.165) is 4.90 Å². The molecule has 0 saturated carbocycles. The summed E-state index contributed by atoms with van der Waals surface area (Å²) in [4.78, 5) is 0.726. The van der Waals surface area contributed by atoms with E-state index in [4.69, 9.17) is 15.6 Å². The molecule has 0 spiro atoms. The zero-order valence-electron chi connectivity index (χ0n) is 10.2. The van der Waals surface area contributed by atoms with E-state index in [1.54, 1.807) is 6.07 Å². The van der Waals surface area contributed by atoms with Crippen LogP contribution in [0.1, 0.15) is 20.8 Å². The molecule has 0 aliphatic rings. The third-order valence-electron chi connectivity index (χ3n) is 2.01. The summed E-state index contributed by atoms with van der Waals surface area (Å²) in [5, 5.41) is 9.00. The Morgan fingerprint density at radius 2 is 2.06 bits per heavy atom. The maximum Gasteiger partial charge on any atom is 0.167 e. The van der Waals surface area contributed by atoms with Crippen LogP contribution in [0, 0.1) is 5.82 Å². The monoisotopic (exact) mass is 259 g/mol. The van der Waals surface area contributed by atoms with E-state index in [2.05, 4.69) is 0 Å². The van der Waals surface area contributed by atoms with Crippen molar-refractivity contribution in [2.24, 2.45) is 0 Å². The number of halogens is 1. The number of anilines is 1. The Balaban J connectivity index is 2.97. The topological polar surface area (TPSA) is 55.5 Å². The maximum atomic E-state index is 13.5. The van der Waals surface area contributed by atoms with Crippen LogP contribution in [0.2, 0.25) is 0 Å². The van der Waals surface area contributed by atoms with Crippen LogP contribution in [-0.2, 0) is 0 Å². The quantitative estimate of drug-likeness (QED) is 0.630. The highest BCUT2D eigenvalue weighted by molar-refractivity contribution is 8.00. The Labute approximate surface area is 105 Å². The molecule has 0 aliphatic heterocycles. The number of hydrogen-bond donors (Lipinski definition) is 2. The third kappa shape index (κ3) is 4.09. The fourth-order valence-electron chi connectivity index (χ4n) is 1.25. The molecule has 0 fully saturated rings. The highest BCUT2D eigenvalue weighted by Gasteiger charge is 2.13. The predicted molar refractivity (Wildman–Crippen MR) is 69.0 cm³/mol. The Morgan fingerprint density at radius 3 is 2.59 bits per heavy atom. The number of ether oxygens (including phenoxy) is 1. The molecule has 0 amide bonds. The second-order valence-electron chi connectivity index (χ2n) is 4.10. The molecule has 0 aliphatic carbocycles. The van der Waals surface area contributed by atoms with Gasteiger partial charge < -0.3 is 15.6 Å². The van der Waals surface area contributed by atoms with Crippen LogP contribution in [0.25, 0.3) is 0 Å². The van der Waals surface area contributed by atoms with E-state index < -0.39 is 5.82 Å². The number of nitrogens with two attached hydrogens (primary N) is 1. The summed E-state index contributed by atoms with van der Waals surface area (Å²) in [6.07, 6.45) is -0.0961. The van der Waals surface area contributed by atoms with E-state index in [0.29, 0.717) is 5.69 Å². The van der Waals surface area contributed by atoms with Crippen molar-refractivity contribution < 1.29 is 14.2 Å². The fraction of sp³-hybridized carbons (Fsp3) is 0.500. The molecule has 0 heterocycles. The molecule has 0 bridgehead atoms. The van der Waals surface area contributed by atoms with Gasteiger partial charge in [0.1, 0.15) is 0 Å². The van der Waals surface area contributed by atoms with E-state index in [1.165, 1.54) is 17.8 Å². The zero-order valence-corrected chi connectivity index (χ0v) is 11.1. The first-order valence-electron chi connectivity index (χ1n) is 5.47. The average Bonchev–Trinajstić information content (AvgIpc) is 2.24. The molecule has 3 N–H and O–H groups in total. The normalized spacial score (nSPS) is 12.8. The second kappa shape index (κ2) is 6.12. The van der Waals surface area contributed by atoms with Crippen LogP contribution in [0.15, 0.2) is 17.0 Å². The highest BCUT2D eigenvalue weighted by Crippen LogP contribution is 2.34. The number of thioether (sulfide) groups is 1. The predicted octanol–water partition coefficient (Wildman–Crippen LogP) is 2.67. The van der Waals surface area contributed by atoms with E-state index >= 15 is 0 Å². The summed E-state index contributed by atoms with van der Waals surface area (Å²) in [6.45, 7) is 5.58. The number of hydrogen-bond acceptors (Lipinski definition) is 4. The van der Waals surface area contributed by atoms with Gasteiger partial charge in [0.25, 0.3) is 0 Å². The van der Waals surface area contributed by atoms with Gasteiger partial charge in [0.2, 0.25) is 0 Å². The van der Waals surface area contributed by atoms with Crippen molar-refractivity contribution in [3.05, 3.63) is 17.9 Å². The lowest BCUT2D eigenvalue weighted by atomic mass is 10.3. The Kier molecular flexibility index (Phi) is 5.08. The first-order chi connectivity index (χ1) is 7.93. The summed E-state index contributed by atoms with van der Waals surface area (Å²) in [5.41, 5.74) is 6.09. The lowest BCUT2D eigenvalue weighted by molar-refractivity contribution is 0.230. The minimum Gasteiger partial charge on any atom is -0.488 e. The van der Waals surface area contributed by atoms with Gasteiger partial charge in [0.15, 0.2) is 11.6 Å². The minimum atomic E-state index is -0.461. The van der Waals surface area contributed by atoms with Gasteiger partial charge >= 0.3 is 0 Å². The summed E-state index contributed by atoms with van der Waals surface area (Å²) in [5.74, 6) is -0.265. The van der Waals surface area contributed by atoms with Gasteiger partial charge in [0, 0.05) is 21.9 Å². The van der Waals surface area contributed by atoms with Gasteiger partial charge in [-0.15, -0.1) is 11.8 Å². The molecule has 1 atom stereocenters. The zero-order chi connectivity index (χ0) is 13.0. The van der Waals surface area contributed by atoms with Crippen LogP contribution >= 0.6 is 11.8 Å². The highest BCUT2D eigenvalue weighted by atomic mass is 32.2. The third-order valence-corrected chi connectivity index (χ3v) is 3.17. The fourth-order valence-corrected chi connectivity index (χ4v) is 2.13. The molecule has 96 valence electrons. The lowest BCUT2D eigenvalue weighted by Gasteiger charge is -2.15. The molecular weight excluding hydrogens is 241 g/mol. The number of rotatable bonds is 5. The van der Waals surface area contributed by atoms with Crippen LogP contribution in [0.4, 0.5) is 10.1 Å². The van der Waals surface area contributed by atoms with Gasteiger partial charge in [0.05, 0.1) is 12.7 Å². The van der Waals surface area contributed by atoms with Gasteiger partial charge in [-0.2, -0.15) is 0 Å². The van der Waals surface area contributed by atoms with Crippen molar-refractivity contribution >= 4 is 17.4 Å². The Hall–Kier alpha value is -0.940. The van der Waals surface area contributed by atoms with Crippen molar-refractivity contribution in [2.45, 2.75) is 37.0 Å². The van der Waals surface area contributed by atoms with Gasteiger partial charge in [-0.05, 0) is 19.9 Å². The first-order valence-corrected chi connectivity index (χ1v) is 6.35. The largest absolute Gasteiger partial charge is 0.488 e. The smallest absolute Gasteiger partial charge is 0.167 e. The standard InChI is InChI=1S/C12H18FNO2S/c1-7(2)16-11-5-12(17-8(3)6-15)10(14)4-9(11)13/h4-5,7-8,15H,6,14H2,1-3H3. The molecule has 1 aromatic rings. The van der Waals surface area contributed by atoms with Gasteiger partial charge in [-0.1, -0.05) is 6.92 Å². The van der Waals surface area contributed by atoms with Crippen molar-refractivity contribution in [3.63, 3.8) is 0 Å². The molecule has 5 heteroatoms. The van der Waals surface area contributed by atoms with Crippen LogP contribution in [0.3, 0.4) is 0 Å². The maximum absolute atomic E-state index is 13.5. The molecule has 1 aromatic carbocycles. The van der Waals surface area contributed by atoms with Gasteiger partial charge in [-0.3, -0.25) is 0 Å². The molecule has 17 heavy (non-hydrogen) atoms. The number of aliphatic hydroxyl groups excluding tert-OH is 1. The van der Waals surface area contributed by atoms with E-state index in [9.17, 15) is 4.39 Å². The molecular formula is C12H18FNO2S. The van der Waals surface area contributed by atoms with Crippen LogP contribution < -0.4 is 10.5 Å². The number of benzene rings is 1. The molecule has 0 radical (unpaired) electrons. The van der Waals surface area contributed by atoms with Gasteiger partial charge in [-0.25, -0.2) is 4.39 Å². The number of aliphatic hydroxyl groups is 1. The second-order valence-corrected chi connectivity index (χ2v) is 5.58. The summed E-state index contributed by atoms with van der Waals surface area (Å²) in [7, 11) is 0. The Bertz CT molecular complexity index is 385. The summed E-state index contributed by atoms with van der Waals surface area (Å²) >= 11 is 1.40. The van der Waals surface area contributed by atoms with Crippen molar-refractivity contribution in [2.75, 3.05) is 12.3 Å². The molecule has 1 rings (SSSR count). The molecule has 0 aromatic heterocycles. The van der Waals surface area contributed by atoms with E-state index in [-0.39, 0.29) is 23.7 Å². The molecule has 1 unspecified atom stereocenters. The molecule has 3 nitrogen and oxygen atoms in total. The van der Waals surface area contributed by atoms with E-state index in [1.807, 2.05) is 20.8 Å². The summed E-state index contributed by atoms with van der Waals surface area (Å²) in [6, 6.07) is 2.84. The minimum absolute atomic E-state index is 0.00895. The Morgan fingerprint density at radius 1 is 1.41 bits per heavy atom.